The summed E-state index contributed by atoms with van der Waals surface area (Å²) in [6.07, 6.45) is 3.81. The number of fused-ring (bicyclic) bond motifs is 1. The Balaban J connectivity index is 1.51. The fraction of sp³-hybridized carbons (Fsp3) is 0.643. The number of likely N-dealkylation sites (tertiary alicyclic amines) is 1. The van der Waals surface area contributed by atoms with Crippen LogP contribution < -0.4 is 4.90 Å². The molecule has 0 bridgehead atoms. The van der Waals surface area contributed by atoms with E-state index in [0.29, 0.717) is 13.1 Å². The van der Waals surface area contributed by atoms with E-state index in [-0.39, 0.29) is 11.8 Å². The first kappa shape index (κ1) is 13.4. The van der Waals surface area contributed by atoms with Gasteiger partial charge in [0.2, 0.25) is 5.91 Å². The van der Waals surface area contributed by atoms with Gasteiger partial charge in [0.15, 0.2) is 17.0 Å². The number of amides is 1. The van der Waals surface area contributed by atoms with Gasteiger partial charge in [-0.1, -0.05) is 5.21 Å². The molecule has 2 aromatic heterocycles. The van der Waals surface area contributed by atoms with Crippen LogP contribution in [0.25, 0.3) is 11.2 Å². The summed E-state index contributed by atoms with van der Waals surface area (Å²) in [6.45, 7) is 5.98. The van der Waals surface area contributed by atoms with Gasteiger partial charge in [-0.05, 0) is 19.8 Å². The van der Waals surface area contributed by atoms with Crippen molar-refractivity contribution in [3.8, 4) is 0 Å². The number of anilines is 1. The number of hydrogen-bond acceptors (Lipinski definition) is 6. The quantitative estimate of drug-likeness (QED) is 0.811. The molecule has 0 radical (unpaired) electrons. The van der Waals surface area contributed by atoms with E-state index in [0.717, 1.165) is 49.5 Å². The van der Waals surface area contributed by atoms with Crippen LogP contribution in [0.3, 0.4) is 0 Å². The number of aromatic nitrogens is 5. The molecule has 2 aromatic rings. The predicted octanol–water partition coefficient (Wildman–Crippen LogP) is 0.300. The molecular formula is C14H19N7O. The third kappa shape index (κ3) is 2.01. The van der Waals surface area contributed by atoms with Gasteiger partial charge >= 0.3 is 0 Å². The monoisotopic (exact) mass is 301 g/mol. The van der Waals surface area contributed by atoms with Crippen LogP contribution in [0, 0.1) is 5.92 Å². The number of hydrogen-bond donors (Lipinski definition) is 0. The van der Waals surface area contributed by atoms with Gasteiger partial charge in [-0.25, -0.2) is 14.6 Å². The summed E-state index contributed by atoms with van der Waals surface area (Å²) in [4.78, 5) is 25.0. The van der Waals surface area contributed by atoms with E-state index in [1.54, 1.807) is 11.0 Å². The van der Waals surface area contributed by atoms with Crippen molar-refractivity contribution in [2.24, 2.45) is 5.92 Å². The molecular weight excluding hydrogens is 282 g/mol. The normalized spacial score (nSPS) is 19.0. The third-order valence-electron chi connectivity index (χ3n) is 4.53. The minimum absolute atomic E-state index is 0.0873. The molecule has 0 atom stereocenters. The standard InChI is InChI=1S/C14H19N7O/c1-2-21-13-11(17-18-21)12(15-9-16-13)20-7-10(8-20)14(22)19-5-3-4-6-19/h9-10H,2-8H2,1H3. The molecule has 2 fully saturated rings. The average Bonchev–Trinajstić information content (AvgIpc) is 3.15. The van der Waals surface area contributed by atoms with E-state index >= 15 is 0 Å². The highest BCUT2D eigenvalue weighted by molar-refractivity contribution is 5.86. The molecule has 8 heteroatoms. The molecule has 0 N–H and O–H groups in total. The van der Waals surface area contributed by atoms with Crippen molar-refractivity contribution in [3.05, 3.63) is 6.33 Å². The first-order valence-corrected chi connectivity index (χ1v) is 7.86. The van der Waals surface area contributed by atoms with Crippen molar-refractivity contribution >= 4 is 22.9 Å². The van der Waals surface area contributed by atoms with Gasteiger partial charge in [0.1, 0.15) is 6.33 Å². The van der Waals surface area contributed by atoms with Crippen LogP contribution in [0.5, 0.6) is 0 Å². The lowest BCUT2D eigenvalue weighted by Gasteiger charge is -2.40. The Morgan fingerprint density at radius 3 is 2.77 bits per heavy atom. The van der Waals surface area contributed by atoms with Gasteiger partial charge in [-0.15, -0.1) is 5.10 Å². The van der Waals surface area contributed by atoms with E-state index in [1.807, 2.05) is 11.8 Å². The maximum Gasteiger partial charge on any atom is 0.229 e. The number of rotatable bonds is 3. The molecule has 4 rings (SSSR count). The van der Waals surface area contributed by atoms with Crippen molar-refractivity contribution in [3.63, 3.8) is 0 Å². The fourth-order valence-corrected chi connectivity index (χ4v) is 3.23. The molecule has 8 nitrogen and oxygen atoms in total. The second kappa shape index (κ2) is 5.19. The predicted molar refractivity (Wildman–Crippen MR) is 80.3 cm³/mol. The Morgan fingerprint density at radius 2 is 2.05 bits per heavy atom. The van der Waals surface area contributed by atoms with Crippen LogP contribution in [0.1, 0.15) is 19.8 Å². The van der Waals surface area contributed by atoms with Gasteiger partial charge in [0, 0.05) is 32.7 Å². The molecule has 0 unspecified atom stereocenters. The largest absolute Gasteiger partial charge is 0.353 e. The lowest BCUT2D eigenvalue weighted by molar-refractivity contribution is -0.135. The first-order valence-electron chi connectivity index (χ1n) is 7.86. The van der Waals surface area contributed by atoms with E-state index in [4.69, 9.17) is 0 Å². The van der Waals surface area contributed by atoms with Crippen LogP contribution in [0.4, 0.5) is 5.82 Å². The first-order chi connectivity index (χ1) is 10.8. The minimum atomic E-state index is 0.0873. The van der Waals surface area contributed by atoms with E-state index in [1.165, 1.54) is 0 Å². The van der Waals surface area contributed by atoms with Crippen LogP contribution in [-0.4, -0.2) is 61.9 Å². The molecule has 4 heterocycles. The molecule has 0 aliphatic carbocycles. The van der Waals surface area contributed by atoms with Crippen LogP contribution in [0.2, 0.25) is 0 Å². The molecule has 2 aliphatic heterocycles. The average molecular weight is 301 g/mol. The summed E-state index contributed by atoms with van der Waals surface area (Å²) in [6, 6.07) is 0. The van der Waals surface area contributed by atoms with Crippen LogP contribution in [0.15, 0.2) is 6.33 Å². The zero-order chi connectivity index (χ0) is 15.1. The summed E-state index contributed by atoms with van der Waals surface area (Å²) in [5.74, 6) is 1.16. The molecule has 1 amide bonds. The maximum absolute atomic E-state index is 12.4. The zero-order valence-corrected chi connectivity index (χ0v) is 12.6. The third-order valence-corrected chi connectivity index (χ3v) is 4.53. The topological polar surface area (TPSA) is 80.0 Å². The Hall–Kier alpha value is -2.25. The van der Waals surface area contributed by atoms with E-state index in [9.17, 15) is 4.79 Å². The van der Waals surface area contributed by atoms with Gasteiger partial charge in [-0.2, -0.15) is 0 Å². The van der Waals surface area contributed by atoms with Crippen LogP contribution in [-0.2, 0) is 11.3 Å². The molecule has 116 valence electrons. The minimum Gasteiger partial charge on any atom is -0.353 e. The Kier molecular flexibility index (Phi) is 3.16. The second-order valence-electron chi connectivity index (χ2n) is 5.91. The van der Waals surface area contributed by atoms with Gasteiger partial charge in [-0.3, -0.25) is 4.79 Å². The van der Waals surface area contributed by atoms with Crippen LogP contribution >= 0.6 is 0 Å². The highest BCUT2D eigenvalue weighted by Gasteiger charge is 2.37. The van der Waals surface area contributed by atoms with Gasteiger partial charge < -0.3 is 9.80 Å². The summed E-state index contributed by atoms with van der Waals surface area (Å²) in [5, 5.41) is 8.29. The molecule has 2 saturated heterocycles. The summed E-state index contributed by atoms with van der Waals surface area (Å²) < 4.78 is 1.76. The smallest absolute Gasteiger partial charge is 0.229 e. The fourth-order valence-electron chi connectivity index (χ4n) is 3.23. The van der Waals surface area contributed by atoms with Crippen molar-refractivity contribution in [1.29, 1.82) is 0 Å². The molecule has 2 aliphatic rings. The summed E-state index contributed by atoms with van der Waals surface area (Å²) >= 11 is 0. The second-order valence-corrected chi connectivity index (χ2v) is 5.91. The molecule has 0 spiro atoms. The lowest BCUT2D eigenvalue weighted by Crippen LogP contribution is -2.54. The molecule has 0 aromatic carbocycles. The number of carbonyl (C=O) groups is 1. The number of aryl methyl sites for hydroxylation is 1. The van der Waals surface area contributed by atoms with Crippen molar-refractivity contribution in [2.45, 2.75) is 26.3 Å². The van der Waals surface area contributed by atoms with E-state index in [2.05, 4.69) is 25.2 Å². The van der Waals surface area contributed by atoms with Gasteiger partial charge in [0.05, 0.1) is 5.92 Å². The zero-order valence-electron chi connectivity index (χ0n) is 12.6. The molecule has 0 saturated carbocycles. The number of carbonyl (C=O) groups excluding carboxylic acids is 1. The lowest BCUT2D eigenvalue weighted by atomic mass is 9.98. The van der Waals surface area contributed by atoms with Crippen molar-refractivity contribution in [2.75, 3.05) is 31.1 Å². The summed E-state index contributed by atoms with van der Waals surface area (Å²) in [5.41, 5.74) is 1.47. The van der Waals surface area contributed by atoms with Crippen molar-refractivity contribution in [1.82, 2.24) is 29.9 Å². The number of nitrogens with zero attached hydrogens (tertiary/aromatic N) is 7. The van der Waals surface area contributed by atoms with Crippen molar-refractivity contribution < 1.29 is 4.79 Å². The Morgan fingerprint density at radius 1 is 1.27 bits per heavy atom. The molecule has 22 heavy (non-hydrogen) atoms. The highest BCUT2D eigenvalue weighted by atomic mass is 16.2. The SMILES string of the molecule is CCn1nnc2c(N3CC(C(=O)N4CCCC4)C3)ncnc21. The Labute approximate surface area is 128 Å². The maximum atomic E-state index is 12.4. The van der Waals surface area contributed by atoms with E-state index < -0.39 is 0 Å². The Bertz CT molecular complexity index is 700. The van der Waals surface area contributed by atoms with Gasteiger partial charge in [0.25, 0.3) is 0 Å². The highest BCUT2D eigenvalue weighted by Crippen LogP contribution is 2.29. The summed E-state index contributed by atoms with van der Waals surface area (Å²) in [7, 11) is 0.